The number of ether oxygens (including phenoxy) is 1. The number of anilines is 1. The van der Waals surface area contributed by atoms with Crippen molar-refractivity contribution in [2.45, 2.75) is 13.0 Å². The summed E-state index contributed by atoms with van der Waals surface area (Å²) in [5.74, 6) is -1.07. The molecule has 3 aromatic rings. The zero-order valence-electron chi connectivity index (χ0n) is 14.1. The molecule has 1 atom stereocenters. The highest BCUT2D eigenvalue weighted by Gasteiger charge is 2.21. The van der Waals surface area contributed by atoms with Crippen molar-refractivity contribution in [1.29, 1.82) is 5.26 Å². The maximum absolute atomic E-state index is 12.5. The van der Waals surface area contributed by atoms with Crippen LogP contribution >= 0.6 is 0 Å². The molecule has 1 N–H and O–H groups in total. The van der Waals surface area contributed by atoms with Crippen LogP contribution in [0.4, 0.5) is 5.69 Å². The molecule has 0 aliphatic carbocycles. The Kier molecular flexibility index (Phi) is 4.95. The first-order valence-corrected chi connectivity index (χ1v) is 8.09. The van der Waals surface area contributed by atoms with Crippen LogP contribution in [0.3, 0.4) is 0 Å². The van der Waals surface area contributed by atoms with Gasteiger partial charge in [-0.05, 0) is 35.9 Å². The molecule has 0 aliphatic heterocycles. The molecule has 0 saturated heterocycles. The van der Waals surface area contributed by atoms with E-state index in [4.69, 9.17) is 10.00 Å². The van der Waals surface area contributed by atoms with E-state index < -0.39 is 18.0 Å². The van der Waals surface area contributed by atoms with E-state index in [1.54, 1.807) is 36.4 Å². The molecule has 0 radical (unpaired) electrons. The summed E-state index contributed by atoms with van der Waals surface area (Å²) in [6.45, 7) is 1.49. The third kappa shape index (κ3) is 3.55. The Labute approximate surface area is 150 Å². The maximum atomic E-state index is 12.5. The molecule has 5 nitrogen and oxygen atoms in total. The molecule has 0 aromatic heterocycles. The van der Waals surface area contributed by atoms with Crippen LogP contribution in [0.15, 0.2) is 66.7 Å². The molecule has 3 rings (SSSR count). The fourth-order valence-electron chi connectivity index (χ4n) is 2.60. The van der Waals surface area contributed by atoms with Gasteiger partial charge in [-0.3, -0.25) is 4.79 Å². The van der Waals surface area contributed by atoms with Crippen molar-refractivity contribution in [3.05, 3.63) is 77.9 Å². The summed E-state index contributed by atoms with van der Waals surface area (Å²) in [6.07, 6.45) is -1.01. The van der Waals surface area contributed by atoms with Crippen LogP contribution in [0, 0.1) is 11.3 Å². The first-order chi connectivity index (χ1) is 12.6. The molecule has 3 aromatic carbocycles. The Hall–Kier alpha value is -3.65. The Balaban J connectivity index is 1.74. The van der Waals surface area contributed by atoms with Gasteiger partial charge in [0.15, 0.2) is 6.10 Å². The lowest BCUT2D eigenvalue weighted by atomic mass is 10.0. The summed E-state index contributed by atoms with van der Waals surface area (Å²) < 4.78 is 5.32. The number of benzene rings is 3. The molecular formula is C21H16N2O3. The van der Waals surface area contributed by atoms with Crippen molar-refractivity contribution in [3.8, 4) is 6.07 Å². The van der Waals surface area contributed by atoms with Crippen molar-refractivity contribution < 1.29 is 14.3 Å². The molecule has 0 fully saturated rings. The van der Waals surface area contributed by atoms with E-state index in [2.05, 4.69) is 5.32 Å². The minimum Gasteiger partial charge on any atom is -0.449 e. The van der Waals surface area contributed by atoms with E-state index in [0.29, 0.717) is 16.8 Å². The summed E-state index contributed by atoms with van der Waals surface area (Å²) in [5, 5.41) is 13.4. The molecule has 0 spiro atoms. The van der Waals surface area contributed by atoms with Gasteiger partial charge in [0.2, 0.25) is 0 Å². The number of carbonyl (C=O) groups excluding carboxylic acids is 2. The van der Waals surface area contributed by atoms with Gasteiger partial charge >= 0.3 is 5.97 Å². The third-order valence-electron chi connectivity index (χ3n) is 3.97. The lowest BCUT2D eigenvalue weighted by Gasteiger charge is -2.15. The van der Waals surface area contributed by atoms with Crippen LogP contribution in [0.2, 0.25) is 0 Å². The van der Waals surface area contributed by atoms with E-state index in [0.717, 1.165) is 10.8 Å². The van der Waals surface area contributed by atoms with Gasteiger partial charge in [-0.25, -0.2) is 4.79 Å². The SMILES string of the molecule is C[C@H](OC(=O)c1cccc2ccccc12)C(=O)Nc1ccccc1C#N. The third-order valence-corrected chi connectivity index (χ3v) is 3.97. The standard InChI is InChI=1S/C21H16N2O3/c1-14(20(24)23-19-12-5-3-8-16(19)13-22)26-21(25)18-11-6-9-15-7-2-4-10-17(15)18/h2-12,14H,1H3,(H,23,24)/t14-/m0/s1. The Bertz CT molecular complexity index is 1020. The van der Waals surface area contributed by atoms with Crippen molar-refractivity contribution in [2.24, 2.45) is 0 Å². The van der Waals surface area contributed by atoms with E-state index in [1.165, 1.54) is 6.92 Å². The number of carbonyl (C=O) groups is 2. The summed E-state index contributed by atoms with van der Waals surface area (Å²) in [6, 6.07) is 21.5. The smallest absolute Gasteiger partial charge is 0.339 e. The second kappa shape index (κ2) is 7.49. The number of amides is 1. The predicted molar refractivity (Wildman–Crippen MR) is 98.6 cm³/mol. The summed E-state index contributed by atoms with van der Waals surface area (Å²) >= 11 is 0. The fourth-order valence-corrected chi connectivity index (χ4v) is 2.60. The molecular weight excluding hydrogens is 328 g/mol. The van der Waals surface area contributed by atoms with Crippen LogP contribution in [0.25, 0.3) is 10.8 Å². The quantitative estimate of drug-likeness (QED) is 0.728. The van der Waals surface area contributed by atoms with Gasteiger partial charge in [0.1, 0.15) is 6.07 Å². The molecule has 128 valence electrons. The Morgan fingerprint density at radius 2 is 1.69 bits per heavy atom. The van der Waals surface area contributed by atoms with Crippen molar-refractivity contribution in [1.82, 2.24) is 0 Å². The average Bonchev–Trinajstić information content (AvgIpc) is 2.67. The maximum Gasteiger partial charge on any atom is 0.339 e. The summed E-state index contributed by atoms with van der Waals surface area (Å²) in [5.41, 5.74) is 1.13. The number of nitrogens with one attached hydrogen (secondary N) is 1. The van der Waals surface area contributed by atoms with Gasteiger partial charge in [0.05, 0.1) is 16.8 Å². The monoisotopic (exact) mass is 344 g/mol. The Morgan fingerprint density at radius 1 is 1.00 bits per heavy atom. The average molecular weight is 344 g/mol. The molecule has 0 bridgehead atoms. The second-order valence-corrected chi connectivity index (χ2v) is 5.72. The van der Waals surface area contributed by atoms with Crippen LogP contribution in [0.5, 0.6) is 0 Å². The first-order valence-electron chi connectivity index (χ1n) is 8.09. The molecule has 0 heterocycles. The molecule has 0 unspecified atom stereocenters. The van der Waals surface area contributed by atoms with E-state index in [9.17, 15) is 9.59 Å². The number of hydrogen-bond acceptors (Lipinski definition) is 4. The van der Waals surface area contributed by atoms with Crippen molar-refractivity contribution in [2.75, 3.05) is 5.32 Å². The minimum atomic E-state index is -1.01. The zero-order chi connectivity index (χ0) is 18.5. The highest BCUT2D eigenvalue weighted by molar-refractivity contribution is 6.05. The largest absolute Gasteiger partial charge is 0.449 e. The number of esters is 1. The lowest BCUT2D eigenvalue weighted by molar-refractivity contribution is -0.123. The van der Waals surface area contributed by atoms with E-state index in [1.807, 2.05) is 36.4 Å². The first kappa shape index (κ1) is 17.2. The number of nitrogens with zero attached hydrogens (tertiary/aromatic N) is 1. The van der Waals surface area contributed by atoms with Crippen LogP contribution in [0.1, 0.15) is 22.8 Å². The highest BCUT2D eigenvalue weighted by Crippen LogP contribution is 2.20. The Morgan fingerprint density at radius 3 is 2.50 bits per heavy atom. The minimum absolute atomic E-state index is 0.341. The van der Waals surface area contributed by atoms with Gasteiger partial charge in [-0.1, -0.05) is 48.5 Å². The molecule has 26 heavy (non-hydrogen) atoms. The van der Waals surface area contributed by atoms with Gasteiger partial charge in [-0.2, -0.15) is 5.26 Å². The molecule has 0 aliphatic rings. The van der Waals surface area contributed by atoms with Crippen LogP contribution < -0.4 is 5.32 Å². The normalized spacial score (nSPS) is 11.4. The highest BCUT2D eigenvalue weighted by atomic mass is 16.5. The molecule has 0 saturated carbocycles. The van der Waals surface area contributed by atoms with Gasteiger partial charge in [0.25, 0.3) is 5.91 Å². The van der Waals surface area contributed by atoms with E-state index >= 15 is 0 Å². The van der Waals surface area contributed by atoms with Crippen LogP contribution in [-0.4, -0.2) is 18.0 Å². The fraction of sp³-hybridized carbons (Fsp3) is 0.0952. The lowest BCUT2D eigenvalue weighted by Crippen LogP contribution is -2.30. The molecule has 5 heteroatoms. The van der Waals surface area contributed by atoms with Crippen LogP contribution in [-0.2, 0) is 9.53 Å². The summed E-state index contributed by atoms with van der Waals surface area (Å²) in [7, 11) is 0. The van der Waals surface area contributed by atoms with Gasteiger partial charge < -0.3 is 10.1 Å². The number of nitriles is 1. The van der Waals surface area contributed by atoms with E-state index in [-0.39, 0.29) is 0 Å². The number of hydrogen-bond donors (Lipinski definition) is 1. The van der Waals surface area contributed by atoms with Crippen molar-refractivity contribution in [3.63, 3.8) is 0 Å². The molecule has 1 amide bonds. The van der Waals surface area contributed by atoms with Gasteiger partial charge in [0, 0.05) is 0 Å². The topological polar surface area (TPSA) is 79.2 Å². The zero-order valence-corrected chi connectivity index (χ0v) is 14.1. The summed E-state index contributed by atoms with van der Waals surface area (Å²) in [4.78, 5) is 24.8. The predicted octanol–water partition coefficient (Wildman–Crippen LogP) is 3.90. The number of fused-ring (bicyclic) bond motifs is 1. The number of rotatable bonds is 4. The second-order valence-electron chi connectivity index (χ2n) is 5.72. The van der Waals surface area contributed by atoms with Gasteiger partial charge in [-0.15, -0.1) is 0 Å². The number of para-hydroxylation sites is 1. The van der Waals surface area contributed by atoms with Crippen molar-refractivity contribution >= 4 is 28.3 Å².